The zero-order valence-corrected chi connectivity index (χ0v) is 12.4. The first-order valence-electron chi connectivity index (χ1n) is 5.91. The second-order valence-corrected chi connectivity index (χ2v) is 5.10. The SMILES string of the molecule is CNCc1cc(COc2ccc(Br)cc2F)oc1C. The van der Waals surface area contributed by atoms with E-state index in [1.807, 2.05) is 20.0 Å². The molecule has 1 N–H and O–H groups in total. The van der Waals surface area contributed by atoms with Gasteiger partial charge in [-0.2, -0.15) is 0 Å². The Morgan fingerprint density at radius 3 is 2.84 bits per heavy atom. The summed E-state index contributed by atoms with van der Waals surface area (Å²) in [6, 6.07) is 6.61. The summed E-state index contributed by atoms with van der Waals surface area (Å²) in [4.78, 5) is 0. The van der Waals surface area contributed by atoms with Crippen molar-refractivity contribution in [2.45, 2.75) is 20.1 Å². The lowest BCUT2D eigenvalue weighted by molar-refractivity contribution is 0.256. The Morgan fingerprint density at radius 1 is 1.37 bits per heavy atom. The maximum atomic E-state index is 13.6. The third-order valence-corrected chi connectivity index (χ3v) is 3.20. The van der Waals surface area contributed by atoms with Crippen LogP contribution < -0.4 is 10.1 Å². The minimum absolute atomic E-state index is 0.211. The van der Waals surface area contributed by atoms with E-state index < -0.39 is 5.82 Å². The average Bonchev–Trinajstić information content (AvgIpc) is 2.70. The highest BCUT2D eigenvalue weighted by Gasteiger charge is 2.09. The number of rotatable bonds is 5. The quantitative estimate of drug-likeness (QED) is 0.907. The van der Waals surface area contributed by atoms with Gasteiger partial charge in [-0.05, 0) is 38.2 Å². The normalized spacial score (nSPS) is 10.7. The predicted molar refractivity (Wildman–Crippen MR) is 74.6 cm³/mol. The first-order chi connectivity index (χ1) is 9.10. The molecule has 0 unspecified atom stereocenters. The van der Waals surface area contributed by atoms with E-state index in [2.05, 4.69) is 21.2 Å². The van der Waals surface area contributed by atoms with Crippen LogP contribution in [0.15, 0.2) is 33.2 Å². The zero-order chi connectivity index (χ0) is 13.8. The summed E-state index contributed by atoms with van der Waals surface area (Å²) in [5.74, 6) is 1.36. The van der Waals surface area contributed by atoms with Crippen molar-refractivity contribution < 1.29 is 13.5 Å². The number of benzene rings is 1. The maximum absolute atomic E-state index is 13.6. The number of halogens is 2. The van der Waals surface area contributed by atoms with E-state index in [4.69, 9.17) is 9.15 Å². The maximum Gasteiger partial charge on any atom is 0.166 e. The third kappa shape index (κ3) is 3.58. The molecule has 5 heteroatoms. The predicted octanol–water partition coefficient (Wildman–Crippen LogP) is 3.79. The number of hydrogen-bond donors (Lipinski definition) is 1. The van der Waals surface area contributed by atoms with E-state index in [1.54, 1.807) is 12.1 Å². The molecule has 0 fully saturated rings. The average molecular weight is 328 g/mol. The van der Waals surface area contributed by atoms with Gasteiger partial charge < -0.3 is 14.5 Å². The van der Waals surface area contributed by atoms with Gasteiger partial charge in [0.2, 0.25) is 0 Å². The molecule has 2 aromatic rings. The molecule has 1 aromatic heterocycles. The molecule has 0 atom stereocenters. The molecule has 102 valence electrons. The highest BCUT2D eigenvalue weighted by atomic mass is 79.9. The summed E-state index contributed by atoms with van der Waals surface area (Å²) in [6.07, 6.45) is 0. The molecule has 0 aliphatic carbocycles. The number of hydrogen-bond acceptors (Lipinski definition) is 3. The second kappa shape index (κ2) is 6.21. The molecule has 1 heterocycles. The molecule has 3 nitrogen and oxygen atoms in total. The Balaban J connectivity index is 2.04. The minimum atomic E-state index is -0.395. The first kappa shape index (κ1) is 14.1. The van der Waals surface area contributed by atoms with E-state index >= 15 is 0 Å². The number of ether oxygens (including phenoxy) is 1. The van der Waals surface area contributed by atoms with Crippen LogP contribution in [0.5, 0.6) is 5.75 Å². The highest BCUT2D eigenvalue weighted by Crippen LogP contribution is 2.23. The van der Waals surface area contributed by atoms with Gasteiger partial charge >= 0.3 is 0 Å². The van der Waals surface area contributed by atoms with E-state index in [-0.39, 0.29) is 12.4 Å². The molecule has 0 spiro atoms. The van der Waals surface area contributed by atoms with Gasteiger partial charge in [0.15, 0.2) is 11.6 Å². The van der Waals surface area contributed by atoms with Crippen LogP contribution in [0, 0.1) is 12.7 Å². The van der Waals surface area contributed by atoms with Gasteiger partial charge in [-0.25, -0.2) is 4.39 Å². The van der Waals surface area contributed by atoms with Crippen molar-refractivity contribution in [1.82, 2.24) is 5.32 Å². The van der Waals surface area contributed by atoms with Crippen LogP contribution in [-0.4, -0.2) is 7.05 Å². The largest absolute Gasteiger partial charge is 0.483 e. The fraction of sp³-hybridized carbons (Fsp3) is 0.286. The molecule has 0 bridgehead atoms. The van der Waals surface area contributed by atoms with Crippen molar-refractivity contribution in [3.05, 3.63) is 51.6 Å². The van der Waals surface area contributed by atoms with Crippen LogP contribution in [-0.2, 0) is 13.2 Å². The lowest BCUT2D eigenvalue weighted by Crippen LogP contribution is -2.04. The van der Waals surface area contributed by atoms with E-state index in [0.29, 0.717) is 10.2 Å². The molecule has 0 saturated carbocycles. The van der Waals surface area contributed by atoms with E-state index in [9.17, 15) is 4.39 Å². The summed E-state index contributed by atoms with van der Waals surface area (Å²) in [6.45, 7) is 2.85. The standard InChI is InChI=1S/C14H15BrFNO2/c1-9-10(7-17-2)5-12(19-9)8-18-14-4-3-11(15)6-13(14)16/h3-6,17H,7-8H2,1-2H3. The fourth-order valence-corrected chi connectivity index (χ4v) is 2.10. The Morgan fingerprint density at radius 2 is 2.16 bits per heavy atom. The molecular formula is C14H15BrFNO2. The van der Waals surface area contributed by atoms with Crippen molar-refractivity contribution in [3.63, 3.8) is 0 Å². The van der Waals surface area contributed by atoms with Gasteiger partial charge in [0.1, 0.15) is 18.1 Å². The summed E-state index contributed by atoms with van der Waals surface area (Å²) in [7, 11) is 1.87. The lowest BCUT2D eigenvalue weighted by Gasteiger charge is -2.05. The summed E-state index contributed by atoms with van der Waals surface area (Å²) in [5.41, 5.74) is 1.08. The number of furan rings is 1. The summed E-state index contributed by atoms with van der Waals surface area (Å²) >= 11 is 3.20. The molecule has 0 aliphatic heterocycles. The Kier molecular flexibility index (Phi) is 4.61. The first-order valence-corrected chi connectivity index (χ1v) is 6.70. The van der Waals surface area contributed by atoms with Crippen molar-refractivity contribution in [3.8, 4) is 5.75 Å². The summed E-state index contributed by atoms with van der Waals surface area (Å²) < 4.78 is 25.2. The van der Waals surface area contributed by atoms with E-state index in [1.165, 1.54) is 6.07 Å². The number of nitrogens with one attached hydrogen (secondary N) is 1. The molecule has 0 radical (unpaired) electrons. The molecule has 0 amide bonds. The van der Waals surface area contributed by atoms with Crippen LogP contribution >= 0.6 is 15.9 Å². The van der Waals surface area contributed by atoms with E-state index in [0.717, 1.165) is 17.9 Å². The monoisotopic (exact) mass is 327 g/mol. The van der Waals surface area contributed by atoms with Crippen LogP contribution in [0.25, 0.3) is 0 Å². The molecule has 0 saturated heterocycles. The topological polar surface area (TPSA) is 34.4 Å². The second-order valence-electron chi connectivity index (χ2n) is 4.19. The van der Waals surface area contributed by atoms with Crippen molar-refractivity contribution in [2.24, 2.45) is 0 Å². The summed E-state index contributed by atoms with van der Waals surface area (Å²) in [5, 5.41) is 3.06. The molecule has 1 aromatic carbocycles. The smallest absolute Gasteiger partial charge is 0.166 e. The van der Waals surface area contributed by atoms with Gasteiger partial charge in [-0.3, -0.25) is 0 Å². The van der Waals surface area contributed by atoms with Gasteiger partial charge in [0.05, 0.1) is 0 Å². The highest BCUT2D eigenvalue weighted by molar-refractivity contribution is 9.10. The lowest BCUT2D eigenvalue weighted by atomic mass is 10.2. The van der Waals surface area contributed by atoms with Crippen LogP contribution in [0.1, 0.15) is 17.1 Å². The molecule has 2 rings (SSSR count). The van der Waals surface area contributed by atoms with Crippen LogP contribution in [0.3, 0.4) is 0 Å². The molecule has 19 heavy (non-hydrogen) atoms. The van der Waals surface area contributed by atoms with Gasteiger partial charge in [-0.15, -0.1) is 0 Å². The van der Waals surface area contributed by atoms with Gasteiger partial charge in [-0.1, -0.05) is 15.9 Å². The van der Waals surface area contributed by atoms with Crippen molar-refractivity contribution in [2.75, 3.05) is 7.05 Å². The van der Waals surface area contributed by atoms with Gasteiger partial charge in [0, 0.05) is 16.6 Å². The number of aryl methyl sites for hydroxylation is 1. The van der Waals surface area contributed by atoms with Crippen molar-refractivity contribution >= 4 is 15.9 Å². The zero-order valence-electron chi connectivity index (χ0n) is 10.8. The Bertz CT molecular complexity index is 569. The van der Waals surface area contributed by atoms with Crippen LogP contribution in [0.2, 0.25) is 0 Å². The molecular weight excluding hydrogens is 313 g/mol. The third-order valence-electron chi connectivity index (χ3n) is 2.70. The van der Waals surface area contributed by atoms with Gasteiger partial charge in [0.25, 0.3) is 0 Å². The minimum Gasteiger partial charge on any atom is -0.483 e. The van der Waals surface area contributed by atoms with Crippen LogP contribution in [0.4, 0.5) is 4.39 Å². The Labute approximate surface area is 119 Å². The Hall–Kier alpha value is -1.33. The fourth-order valence-electron chi connectivity index (χ4n) is 1.77. The molecule has 0 aliphatic rings. The van der Waals surface area contributed by atoms with Crippen molar-refractivity contribution in [1.29, 1.82) is 0 Å².